The number of anilines is 1. The second-order valence-electron chi connectivity index (χ2n) is 5.77. The van der Waals surface area contributed by atoms with Crippen LogP contribution in [0.4, 0.5) is 19.2 Å². The molecule has 1 aromatic carbocycles. The van der Waals surface area contributed by atoms with Crippen LogP contribution in [0.3, 0.4) is 0 Å². The number of nitrogens with one attached hydrogen (secondary N) is 1. The van der Waals surface area contributed by atoms with Crippen LogP contribution in [0.25, 0.3) is 0 Å². The first-order valence-corrected chi connectivity index (χ1v) is 7.80. The van der Waals surface area contributed by atoms with Crippen molar-refractivity contribution in [1.82, 2.24) is 10.2 Å². The van der Waals surface area contributed by atoms with E-state index in [0.717, 1.165) is 12.1 Å². The summed E-state index contributed by atoms with van der Waals surface area (Å²) in [7, 11) is 1.57. The normalized spacial score (nSPS) is 17.4. The molecule has 0 amide bonds. The van der Waals surface area contributed by atoms with Crippen molar-refractivity contribution in [3.63, 3.8) is 0 Å². The van der Waals surface area contributed by atoms with E-state index in [-0.39, 0.29) is 12.6 Å². The maximum Gasteiger partial charge on any atom is 0.416 e. The number of halogens is 3. The lowest BCUT2D eigenvalue weighted by molar-refractivity contribution is -0.137. The molecule has 1 aromatic heterocycles. The minimum Gasteiger partial charge on any atom is -0.405 e. The maximum atomic E-state index is 12.7. The highest BCUT2D eigenvalue weighted by atomic mass is 19.4. The SMILES string of the molecule is COC1(c2nnc(NCc3cccc(C(F)(F)F)c3)o2)CCOCC1. The van der Waals surface area contributed by atoms with E-state index in [9.17, 15) is 13.2 Å². The summed E-state index contributed by atoms with van der Waals surface area (Å²) in [5.41, 5.74) is -0.915. The summed E-state index contributed by atoms with van der Waals surface area (Å²) < 4.78 is 54.7. The molecule has 2 heterocycles. The summed E-state index contributed by atoms with van der Waals surface area (Å²) in [4.78, 5) is 0. The van der Waals surface area contributed by atoms with Gasteiger partial charge in [-0.1, -0.05) is 17.2 Å². The van der Waals surface area contributed by atoms with Crippen LogP contribution in [0.15, 0.2) is 28.7 Å². The van der Waals surface area contributed by atoms with Crippen molar-refractivity contribution in [2.75, 3.05) is 25.6 Å². The molecule has 25 heavy (non-hydrogen) atoms. The van der Waals surface area contributed by atoms with Crippen molar-refractivity contribution >= 4 is 6.01 Å². The quantitative estimate of drug-likeness (QED) is 0.885. The Balaban J connectivity index is 1.68. The summed E-state index contributed by atoms with van der Waals surface area (Å²) in [6, 6.07) is 5.20. The van der Waals surface area contributed by atoms with Gasteiger partial charge >= 0.3 is 12.2 Å². The third kappa shape index (κ3) is 3.93. The van der Waals surface area contributed by atoms with Gasteiger partial charge in [0.05, 0.1) is 5.56 Å². The fourth-order valence-electron chi connectivity index (χ4n) is 2.72. The second kappa shape index (κ2) is 7.01. The Morgan fingerprint density at radius 2 is 2.00 bits per heavy atom. The molecule has 1 aliphatic rings. The average molecular weight is 357 g/mol. The highest BCUT2D eigenvalue weighted by Gasteiger charge is 2.40. The monoisotopic (exact) mass is 357 g/mol. The Morgan fingerprint density at radius 1 is 1.24 bits per heavy atom. The molecule has 136 valence electrons. The standard InChI is InChI=1S/C16H18F3N3O3/c1-23-15(5-7-24-8-6-15)13-21-22-14(25-13)20-10-11-3-2-4-12(9-11)16(17,18)19/h2-4,9H,5-8,10H2,1H3,(H,20,22). The van der Waals surface area contributed by atoms with Gasteiger partial charge in [-0.25, -0.2) is 0 Å². The fraction of sp³-hybridized carbons (Fsp3) is 0.500. The average Bonchev–Trinajstić information content (AvgIpc) is 3.10. The van der Waals surface area contributed by atoms with Crippen LogP contribution < -0.4 is 5.32 Å². The summed E-state index contributed by atoms with van der Waals surface area (Å²) in [5, 5.41) is 10.8. The zero-order valence-electron chi connectivity index (χ0n) is 13.6. The molecule has 3 rings (SSSR count). The first kappa shape index (κ1) is 17.7. The molecule has 0 spiro atoms. The molecular weight excluding hydrogens is 339 g/mol. The summed E-state index contributed by atoms with van der Waals surface area (Å²) in [6.07, 6.45) is -3.18. The summed E-state index contributed by atoms with van der Waals surface area (Å²) in [6.45, 7) is 1.20. The lowest BCUT2D eigenvalue weighted by Crippen LogP contribution is -2.35. The van der Waals surface area contributed by atoms with E-state index >= 15 is 0 Å². The van der Waals surface area contributed by atoms with E-state index in [1.807, 2.05) is 0 Å². The first-order chi connectivity index (χ1) is 11.9. The van der Waals surface area contributed by atoms with Gasteiger partial charge in [-0.2, -0.15) is 13.2 Å². The van der Waals surface area contributed by atoms with Gasteiger partial charge in [0.25, 0.3) is 0 Å². The van der Waals surface area contributed by atoms with Crippen LogP contribution in [0.5, 0.6) is 0 Å². The van der Waals surface area contributed by atoms with Crippen molar-refractivity contribution in [2.45, 2.75) is 31.2 Å². The molecule has 0 bridgehead atoms. The third-order valence-electron chi connectivity index (χ3n) is 4.20. The van der Waals surface area contributed by atoms with Crippen molar-refractivity contribution in [3.05, 3.63) is 41.3 Å². The van der Waals surface area contributed by atoms with Crippen LogP contribution in [0.1, 0.15) is 29.9 Å². The molecule has 0 unspecified atom stereocenters. The minimum absolute atomic E-state index is 0.134. The molecule has 1 aliphatic heterocycles. The maximum absolute atomic E-state index is 12.7. The highest BCUT2D eigenvalue weighted by Crippen LogP contribution is 2.35. The Morgan fingerprint density at radius 3 is 2.68 bits per heavy atom. The van der Waals surface area contributed by atoms with Crippen LogP contribution in [-0.2, 0) is 27.8 Å². The first-order valence-electron chi connectivity index (χ1n) is 7.80. The Bertz CT molecular complexity index is 712. The van der Waals surface area contributed by atoms with Gasteiger partial charge in [0.1, 0.15) is 5.60 Å². The molecule has 0 aliphatic carbocycles. The minimum atomic E-state index is -4.37. The lowest BCUT2D eigenvalue weighted by Gasteiger charge is -2.32. The second-order valence-corrected chi connectivity index (χ2v) is 5.77. The number of rotatable bonds is 5. The number of nitrogens with zero attached hydrogens (tertiary/aromatic N) is 2. The summed E-state index contributed by atoms with van der Waals surface area (Å²) in [5.74, 6) is 0.338. The van der Waals surface area contributed by atoms with Crippen molar-refractivity contribution in [1.29, 1.82) is 0 Å². The van der Waals surface area contributed by atoms with E-state index in [1.54, 1.807) is 13.2 Å². The van der Waals surface area contributed by atoms with E-state index < -0.39 is 17.3 Å². The molecular formula is C16H18F3N3O3. The number of aromatic nitrogens is 2. The predicted octanol–water partition coefficient (Wildman–Crippen LogP) is 3.35. The zero-order valence-corrected chi connectivity index (χ0v) is 13.6. The van der Waals surface area contributed by atoms with E-state index in [1.165, 1.54) is 6.07 Å². The fourth-order valence-corrected chi connectivity index (χ4v) is 2.72. The molecule has 1 fully saturated rings. The number of hydrogen-bond donors (Lipinski definition) is 1. The van der Waals surface area contributed by atoms with Crippen molar-refractivity contribution in [3.8, 4) is 0 Å². The number of methoxy groups -OCH3 is 1. The number of ether oxygens (including phenoxy) is 2. The Labute approximate surface area is 142 Å². The van der Waals surface area contributed by atoms with Crippen molar-refractivity contribution < 1.29 is 27.1 Å². The highest BCUT2D eigenvalue weighted by molar-refractivity contribution is 5.29. The van der Waals surface area contributed by atoms with E-state index in [2.05, 4.69) is 15.5 Å². The van der Waals surface area contributed by atoms with Crippen LogP contribution >= 0.6 is 0 Å². The van der Waals surface area contributed by atoms with Gasteiger partial charge in [-0.15, -0.1) is 5.10 Å². The molecule has 2 aromatic rings. The molecule has 6 nitrogen and oxygen atoms in total. The molecule has 1 saturated heterocycles. The Hall–Kier alpha value is -2.13. The van der Waals surface area contributed by atoms with E-state index in [0.29, 0.717) is 37.5 Å². The molecule has 0 saturated carbocycles. The Kier molecular flexibility index (Phi) is 4.96. The van der Waals surface area contributed by atoms with Crippen LogP contribution in [0.2, 0.25) is 0 Å². The zero-order chi connectivity index (χ0) is 17.9. The molecule has 1 N–H and O–H groups in total. The summed E-state index contributed by atoms with van der Waals surface area (Å²) >= 11 is 0. The number of benzene rings is 1. The largest absolute Gasteiger partial charge is 0.416 e. The van der Waals surface area contributed by atoms with Gasteiger partial charge in [0.2, 0.25) is 5.89 Å². The topological polar surface area (TPSA) is 69.4 Å². The van der Waals surface area contributed by atoms with Gasteiger partial charge in [-0.05, 0) is 17.7 Å². The van der Waals surface area contributed by atoms with Gasteiger partial charge < -0.3 is 19.2 Å². The van der Waals surface area contributed by atoms with Crippen LogP contribution in [0, 0.1) is 0 Å². The smallest absolute Gasteiger partial charge is 0.405 e. The van der Waals surface area contributed by atoms with Gasteiger partial charge in [0.15, 0.2) is 0 Å². The predicted molar refractivity (Wildman–Crippen MR) is 81.8 cm³/mol. The molecule has 9 heteroatoms. The lowest BCUT2D eigenvalue weighted by atomic mass is 9.94. The third-order valence-corrected chi connectivity index (χ3v) is 4.20. The molecule has 0 radical (unpaired) electrons. The van der Waals surface area contributed by atoms with Crippen molar-refractivity contribution in [2.24, 2.45) is 0 Å². The van der Waals surface area contributed by atoms with Gasteiger partial charge in [-0.3, -0.25) is 0 Å². The van der Waals surface area contributed by atoms with Crippen LogP contribution in [-0.4, -0.2) is 30.5 Å². The van der Waals surface area contributed by atoms with Gasteiger partial charge in [0, 0.05) is 39.7 Å². The number of alkyl halides is 3. The molecule has 0 atom stereocenters. The van der Waals surface area contributed by atoms with E-state index in [4.69, 9.17) is 13.9 Å². The number of hydrogen-bond acceptors (Lipinski definition) is 6.